The summed E-state index contributed by atoms with van der Waals surface area (Å²) in [6, 6.07) is 13.0. The van der Waals surface area contributed by atoms with Gasteiger partial charge in [-0.1, -0.05) is 24.6 Å². The normalized spacial score (nSPS) is 15.8. The van der Waals surface area contributed by atoms with Crippen LogP contribution in [0.15, 0.2) is 42.6 Å². The van der Waals surface area contributed by atoms with Crippen molar-refractivity contribution in [1.82, 2.24) is 15.1 Å². The predicted molar refractivity (Wildman–Crippen MR) is 68.0 cm³/mol. The fourth-order valence-electron chi connectivity index (χ4n) is 2.04. The SMILES string of the molecule is c1ccc(-n2ccc(CNC3CCC3)n2)cc1. The fourth-order valence-corrected chi connectivity index (χ4v) is 2.04. The molecular formula is C14H17N3. The molecule has 17 heavy (non-hydrogen) atoms. The van der Waals surface area contributed by atoms with Crippen molar-refractivity contribution in [3.05, 3.63) is 48.3 Å². The van der Waals surface area contributed by atoms with Gasteiger partial charge in [0.25, 0.3) is 0 Å². The Balaban J connectivity index is 1.65. The molecule has 1 N–H and O–H groups in total. The lowest BCUT2D eigenvalue weighted by Crippen LogP contribution is -2.34. The highest BCUT2D eigenvalue weighted by molar-refractivity contribution is 5.30. The van der Waals surface area contributed by atoms with Gasteiger partial charge in [0.1, 0.15) is 0 Å². The van der Waals surface area contributed by atoms with Crippen LogP contribution in [0.2, 0.25) is 0 Å². The van der Waals surface area contributed by atoms with Gasteiger partial charge >= 0.3 is 0 Å². The van der Waals surface area contributed by atoms with Crippen LogP contribution in [0, 0.1) is 0 Å². The van der Waals surface area contributed by atoms with Gasteiger partial charge in [-0.2, -0.15) is 5.10 Å². The molecule has 0 unspecified atom stereocenters. The molecule has 1 aliphatic carbocycles. The minimum atomic E-state index is 0.719. The Hall–Kier alpha value is -1.61. The van der Waals surface area contributed by atoms with Gasteiger partial charge in [0.05, 0.1) is 11.4 Å². The van der Waals surface area contributed by atoms with Crippen LogP contribution in [0.4, 0.5) is 0 Å². The molecule has 0 saturated heterocycles. The molecule has 1 aromatic heterocycles. The summed E-state index contributed by atoms with van der Waals surface area (Å²) >= 11 is 0. The van der Waals surface area contributed by atoms with Gasteiger partial charge < -0.3 is 5.32 Å². The number of nitrogens with zero attached hydrogens (tertiary/aromatic N) is 2. The summed E-state index contributed by atoms with van der Waals surface area (Å²) in [6.45, 7) is 0.879. The maximum atomic E-state index is 4.57. The van der Waals surface area contributed by atoms with E-state index in [0.29, 0.717) is 0 Å². The van der Waals surface area contributed by atoms with Crippen molar-refractivity contribution in [1.29, 1.82) is 0 Å². The van der Waals surface area contributed by atoms with E-state index in [4.69, 9.17) is 0 Å². The Morgan fingerprint density at radius 3 is 2.71 bits per heavy atom. The van der Waals surface area contributed by atoms with Crippen LogP contribution in [-0.4, -0.2) is 15.8 Å². The van der Waals surface area contributed by atoms with Crippen LogP contribution < -0.4 is 5.32 Å². The van der Waals surface area contributed by atoms with E-state index in [0.717, 1.165) is 24.0 Å². The quantitative estimate of drug-likeness (QED) is 0.869. The van der Waals surface area contributed by atoms with Gasteiger partial charge in [0, 0.05) is 18.8 Å². The number of hydrogen-bond acceptors (Lipinski definition) is 2. The molecule has 1 aromatic carbocycles. The lowest BCUT2D eigenvalue weighted by atomic mass is 9.93. The topological polar surface area (TPSA) is 29.9 Å². The van der Waals surface area contributed by atoms with E-state index >= 15 is 0 Å². The number of hydrogen-bond donors (Lipinski definition) is 1. The molecule has 3 rings (SSSR count). The molecule has 0 radical (unpaired) electrons. The van der Waals surface area contributed by atoms with E-state index < -0.39 is 0 Å². The summed E-state index contributed by atoms with van der Waals surface area (Å²) in [4.78, 5) is 0. The van der Waals surface area contributed by atoms with E-state index in [1.807, 2.05) is 29.1 Å². The Bertz CT molecular complexity index is 471. The summed E-state index contributed by atoms with van der Waals surface area (Å²) in [5.74, 6) is 0. The summed E-state index contributed by atoms with van der Waals surface area (Å²) in [7, 11) is 0. The molecule has 1 aliphatic rings. The fraction of sp³-hybridized carbons (Fsp3) is 0.357. The second kappa shape index (κ2) is 4.72. The molecule has 88 valence electrons. The lowest BCUT2D eigenvalue weighted by Gasteiger charge is -2.26. The van der Waals surface area contributed by atoms with Crippen LogP contribution in [0.3, 0.4) is 0 Å². The second-order valence-electron chi connectivity index (χ2n) is 4.60. The van der Waals surface area contributed by atoms with Crippen molar-refractivity contribution in [2.24, 2.45) is 0 Å². The first-order valence-electron chi connectivity index (χ1n) is 6.25. The minimum absolute atomic E-state index is 0.719. The number of benzene rings is 1. The number of nitrogens with one attached hydrogen (secondary N) is 1. The first kappa shape index (κ1) is 10.5. The summed E-state index contributed by atoms with van der Waals surface area (Å²) in [6.07, 6.45) is 6.03. The van der Waals surface area contributed by atoms with E-state index in [2.05, 4.69) is 28.6 Å². The maximum absolute atomic E-state index is 4.57. The summed E-state index contributed by atoms with van der Waals surface area (Å²) in [5.41, 5.74) is 2.23. The van der Waals surface area contributed by atoms with Gasteiger partial charge in [0.15, 0.2) is 0 Å². The largest absolute Gasteiger partial charge is 0.308 e. The van der Waals surface area contributed by atoms with Crippen molar-refractivity contribution in [3.63, 3.8) is 0 Å². The van der Waals surface area contributed by atoms with Crippen LogP contribution in [-0.2, 0) is 6.54 Å². The monoisotopic (exact) mass is 227 g/mol. The molecule has 3 nitrogen and oxygen atoms in total. The zero-order valence-electron chi connectivity index (χ0n) is 9.84. The van der Waals surface area contributed by atoms with E-state index in [1.165, 1.54) is 19.3 Å². The molecule has 0 atom stereocenters. The molecule has 3 heteroatoms. The van der Waals surface area contributed by atoms with Crippen LogP contribution in [0.1, 0.15) is 25.0 Å². The zero-order valence-corrected chi connectivity index (χ0v) is 9.84. The Morgan fingerprint density at radius 2 is 2.00 bits per heavy atom. The second-order valence-corrected chi connectivity index (χ2v) is 4.60. The van der Waals surface area contributed by atoms with Crippen molar-refractivity contribution < 1.29 is 0 Å². The van der Waals surface area contributed by atoms with E-state index in [1.54, 1.807) is 0 Å². The highest BCUT2D eigenvalue weighted by atomic mass is 15.3. The van der Waals surface area contributed by atoms with Gasteiger partial charge in [-0.15, -0.1) is 0 Å². The van der Waals surface area contributed by atoms with Crippen molar-refractivity contribution in [2.45, 2.75) is 31.8 Å². The molecule has 0 spiro atoms. The molecule has 0 bridgehead atoms. The Morgan fingerprint density at radius 1 is 1.18 bits per heavy atom. The first-order valence-corrected chi connectivity index (χ1v) is 6.25. The lowest BCUT2D eigenvalue weighted by molar-refractivity contribution is 0.336. The van der Waals surface area contributed by atoms with E-state index in [9.17, 15) is 0 Å². The number of rotatable bonds is 4. The average Bonchev–Trinajstić information content (AvgIpc) is 2.77. The summed E-state index contributed by atoms with van der Waals surface area (Å²) < 4.78 is 1.93. The van der Waals surface area contributed by atoms with Gasteiger partial charge in [0.2, 0.25) is 0 Å². The van der Waals surface area contributed by atoms with Gasteiger partial charge in [-0.05, 0) is 31.0 Å². The Kier molecular flexibility index (Phi) is 2.92. The number of para-hydroxylation sites is 1. The van der Waals surface area contributed by atoms with Crippen molar-refractivity contribution in [3.8, 4) is 5.69 Å². The van der Waals surface area contributed by atoms with Crippen LogP contribution in [0.5, 0.6) is 0 Å². The van der Waals surface area contributed by atoms with Crippen LogP contribution >= 0.6 is 0 Å². The van der Waals surface area contributed by atoms with Gasteiger partial charge in [-0.25, -0.2) is 4.68 Å². The smallest absolute Gasteiger partial charge is 0.0766 e. The van der Waals surface area contributed by atoms with Gasteiger partial charge in [-0.3, -0.25) is 0 Å². The molecular weight excluding hydrogens is 210 g/mol. The third-order valence-electron chi connectivity index (χ3n) is 3.34. The average molecular weight is 227 g/mol. The highest BCUT2D eigenvalue weighted by Gasteiger charge is 2.16. The molecule has 2 aromatic rings. The summed E-state index contributed by atoms with van der Waals surface area (Å²) in [5, 5.41) is 8.09. The molecule has 1 heterocycles. The third-order valence-corrected chi connectivity index (χ3v) is 3.34. The zero-order chi connectivity index (χ0) is 11.5. The van der Waals surface area contributed by atoms with E-state index in [-0.39, 0.29) is 0 Å². The van der Waals surface area contributed by atoms with Crippen molar-refractivity contribution in [2.75, 3.05) is 0 Å². The maximum Gasteiger partial charge on any atom is 0.0766 e. The van der Waals surface area contributed by atoms with Crippen LogP contribution in [0.25, 0.3) is 5.69 Å². The molecule has 1 fully saturated rings. The Labute approximate surface area is 101 Å². The molecule has 1 saturated carbocycles. The van der Waals surface area contributed by atoms with Crippen molar-refractivity contribution >= 4 is 0 Å². The first-order chi connectivity index (χ1) is 8.42. The molecule has 0 aliphatic heterocycles. The molecule has 0 amide bonds. The predicted octanol–water partition coefficient (Wildman–Crippen LogP) is 2.51. The highest BCUT2D eigenvalue weighted by Crippen LogP contribution is 2.18. The number of aromatic nitrogens is 2. The standard InChI is InChI=1S/C14H17N3/c1-2-7-14(8-3-1)17-10-9-13(16-17)11-15-12-5-4-6-12/h1-3,7-10,12,15H,4-6,11H2. The third kappa shape index (κ3) is 2.39. The minimum Gasteiger partial charge on any atom is -0.308 e.